The number of benzene rings is 1. The normalized spacial score (nSPS) is 25.3. The number of aromatic nitrogens is 1. The van der Waals surface area contributed by atoms with E-state index in [9.17, 15) is 34.4 Å². The standard InChI is InChI=1S/C24H34FN3O9S/c1-9(2)16(28-24(34)35-10(3)4)21(33)26-11(5)22-27-17-13(6-12(25)7-15(17)38-22)36-23-20(32)19(31)18(30)14(8-29)37-23/h6-7,9-11,14,16,18-20,23,29-32H,8H2,1-5H3,(H,26,33)(H,28,34)/t11-,14-,16+,18-,19+,20-,23-/m1/s1. The number of hydrogen-bond acceptors (Lipinski definition) is 11. The molecule has 1 aliphatic rings. The Balaban J connectivity index is 1.80. The molecule has 14 heteroatoms. The summed E-state index contributed by atoms with van der Waals surface area (Å²) in [5.41, 5.74) is 0.212. The molecule has 38 heavy (non-hydrogen) atoms. The van der Waals surface area contributed by atoms with Crippen LogP contribution in [-0.4, -0.2) is 86.9 Å². The summed E-state index contributed by atoms with van der Waals surface area (Å²) in [6.45, 7) is 7.95. The fraction of sp³-hybridized carbons (Fsp3) is 0.625. The highest BCUT2D eigenvalue weighted by atomic mass is 32.1. The van der Waals surface area contributed by atoms with Gasteiger partial charge in [-0.25, -0.2) is 14.2 Å². The fourth-order valence-corrected chi connectivity index (χ4v) is 4.84. The number of carbonyl (C=O) groups is 2. The van der Waals surface area contributed by atoms with Gasteiger partial charge in [-0.1, -0.05) is 13.8 Å². The van der Waals surface area contributed by atoms with Gasteiger partial charge in [0.25, 0.3) is 0 Å². The van der Waals surface area contributed by atoms with Crippen LogP contribution in [0.1, 0.15) is 45.7 Å². The topological polar surface area (TPSA) is 180 Å². The molecule has 0 spiro atoms. The van der Waals surface area contributed by atoms with Crippen LogP contribution in [0.5, 0.6) is 5.75 Å². The van der Waals surface area contributed by atoms with E-state index < -0.39 is 67.2 Å². The van der Waals surface area contributed by atoms with Crippen molar-refractivity contribution in [2.24, 2.45) is 5.92 Å². The van der Waals surface area contributed by atoms with E-state index in [0.29, 0.717) is 9.71 Å². The fourth-order valence-electron chi connectivity index (χ4n) is 3.82. The van der Waals surface area contributed by atoms with Crippen molar-refractivity contribution in [3.8, 4) is 5.75 Å². The third kappa shape index (κ3) is 6.87. The molecule has 12 nitrogen and oxygen atoms in total. The Morgan fingerprint density at radius 1 is 1.11 bits per heavy atom. The van der Waals surface area contributed by atoms with Crippen LogP contribution in [0.25, 0.3) is 10.2 Å². The van der Waals surface area contributed by atoms with Gasteiger partial charge in [0.2, 0.25) is 12.2 Å². The smallest absolute Gasteiger partial charge is 0.408 e. The molecular weight excluding hydrogens is 525 g/mol. The molecule has 1 aliphatic heterocycles. The number of aliphatic hydroxyl groups excluding tert-OH is 4. The van der Waals surface area contributed by atoms with Gasteiger partial charge in [0.1, 0.15) is 46.8 Å². The van der Waals surface area contributed by atoms with Gasteiger partial charge in [0.05, 0.1) is 23.5 Å². The van der Waals surface area contributed by atoms with Crippen LogP contribution >= 0.6 is 11.3 Å². The summed E-state index contributed by atoms with van der Waals surface area (Å²) in [7, 11) is 0. The van der Waals surface area contributed by atoms with Gasteiger partial charge in [-0.2, -0.15) is 0 Å². The molecule has 2 aromatic rings. The average molecular weight is 560 g/mol. The van der Waals surface area contributed by atoms with E-state index in [1.54, 1.807) is 34.6 Å². The Morgan fingerprint density at radius 2 is 1.79 bits per heavy atom. The molecule has 2 heterocycles. The number of halogens is 1. The van der Waals surface area contributed by atoms with Crippen molar-refractivity contribution in [1.29, 1.82) is 0 Å². The van der Waals surface area contributed by atoms with E-state index in [1.165, 1.54) is 6.07 Å². The van der Waals surface area contributed by atoms with Crippen LogP contribution in [0.3, 0.4) is 0 Å². The van der Waals surface area contributed by atoms with Gasteiger partial charge >= 0.3 is 6.09 Å². The molecule has 212 valence electrons. The number of amides is 2. The van der Waals surface area contributed by atoms with Gasteiger partial charge in [-0.15, -0.1) is 11.3 Å². The minimum absolute atomic E-state index is 0.108. The van der Waals surface area contributed by atoms with Crippen LogP contribution in [0.15, 0.2) is 12.1 Å². The third-order valence-corrected chi connectivity index (χ3v) is 7.01. The number of alkyl carbamates (subject to hydrolysis) is 1. The summed E-state index contributed by atoms with van der Waals surface area (Å²) in [5, 5.41) is 45.4. The van der Waals surface area contributed by atoms with Crippen LogP contribution in [0.4, 0.5) is 9.18 Å². The largest absolute Gasteiger partial charge is 0.460 e. The Bertz CT molecular complexity index is 1130. The molecule has 1 aromatic heterocycles. The molecule has 1 aromatic carbocycles. The van der Waals surface area contributed by atoms with Crippen molar-refractivity contribution < 1.29 is 48.6 Å². The van der Waals surface area contributed by atoms with E-state index in [-0.39, 0.29) is 23.3 Å². The molecule has 6 N–H and O–H groups in total. The summed E-state index contributed by atoms with van der Waals surface area (Å²) in [4.78, 5) is 29.5. The Kier molecular flexibility index (Phi) is 9.84. The van der Waals surface area contributed by atoms with Crippen molar-refractivity contribution >= 4 is 33.6 Å². The zero-order chi connectivity index (χ0) is 28.3. The van der Waals surface area contributed by atoms with Crippen molar-refractivity contribution in [2.75, 3.05) is 6.61 Å². The first-order chi connectivity index (χ1) is 17.8. The monoisotopic (exact) mass is 559 g/mol. The number of hydrogen-bond donors (Lipinski definition) is 6. The van der Waals surface area contributed by atoms with Gasteiger partial charge in [0.15, 0.2) is 5.75 Å². The summed E-state index contributed by atoms with van der Waals surface area (Å²) in [6, 6.07) is 0.745. The zero-order valence-electron chi connectivity index (χ0n) is 21.6. The highest BCUT2D eigenvalue weighted by Crippen LogP contribution is 2.35. The van der Waals surface area contributed by atoms with Crippen LogP contribution in [0.2, 0.25) is 0 Å². The predicted molar refractivity (Wildman–Crippen MR) is 134 cm³/mol. The maximum absolute atomic E-state index is 14.4. The summed E-state index contributed by atoms with van der Waals surface area (Å²) >= 11 is 1.10. The van der Waals surface area contributed by atoms with Crippen molar-refractivity contribution in [3.63, 3.8) is 0 Å². The second kappa shape index (κ2) is 12.5. The quantitative estimate of drug-likeness (QED) is 0.259. The number of nitrogens with one attached hydrogen (secondary N) is 2. The first-order valence-electron chi connectivity index (χ1n) is 12.2. The minimum atomic E-state index is -1.69. The molecule has 1 fully saturated rings. The van der Waals surface area contributed by atoms with Gasteiger partial charge < -0.3 is 45.3 Å². The second-order valence-electron chi connectivity index (χ2n) is 9.67. The van der Waals surface area contributed by atoms with Crippen molar-refractivity contribution in [2.45, 2.75) is 83.5 Å². The first kappa shape index (κ1) is 29.9. The molecule has 3 rings (SSSR count). The van der Waals surface area contributed by atoms with E-state index in [1.807, 2.05) is 0 Å². The number of rotatable bonds is 9. The molecule has 0 unspecified atom stereocenters. The van der Waals surface area contributed by atoms with Crippen LogP contribution < -0.4 is 15.4 Å². The average Bonchev–Trinajstić information content (AvgIpc) is 3.26. The molecule has 0 radical (unpaired) electrons. The van der Waals surface area contributed by atoms with Crippen molar-refractivity contribution in [1.82, 2.24) is 15.6 Å². The van der Waals surface area contributed by atoms with E-state index >= 15 is 0 Å². The number of carbonyl (C=O) groups excluding carboxylic acids is 2. The first-order valence-corrected chi connectivity index (χ1v) is 13.0. The minimum Gasteiger partial charge on any atom is -0.460 e. The predicted octanol–water partition coefficient (Wildman–Crippen LogP) is 0.951. The van der Waals surface area contributed by atoms with Gasteiger partial charge in [-0.05, 0) is 32.8 Å². The van der Waals surface area contributed by atoms with Crippen LogP contribution in [-0.2, 0) is 14.3 Å². The summed E-state index contributed by atoms with van der Waals surface area (Å²) in [6.07, 6.45) is -8.74. The van der Waals surface area contributed by atoms with Gasteiger partial charge in [-0.3, -0.25) is 4.79 Å². The lowest BCUT2D eigenvalue weighted by molar-refractivity contribution is -0.277. The van der Waals surface area contributed by atoms with E-state index in [2.05, 4.69) is 15.6 Å². The van der Waals surface area contributed by atoms with E-state index in [4.69, 9.17) is 14.2 Å². The molecule has 0 saturated carbocycles. The molecule has 0 aliphatic carbocycles. The highest BCUT2D eigenvalue weighted by molar-refractivity contribution is 7.18. The number of nitrogens with zero attached hydrogens (tertiary/aromatic N) is 1. The molecule has 0 bridgehead atoms. The Labute approximate surface area is 222 Å². The van der Waals surface area contributed by atoms with Crippen LogP contribution in [0, 0.1) is 11.7 Å². The number of aliphatic hydroxyl groups is 4. The second-order valence-corrected chi connectivity index (χ2v) is 10.7. The van der Waals surface area contributed by atoms with E-state index in [0.717, 1.165) is 17.4 Å². The summed E-state index contributed by atoms with van der Waals surface area (Å²) < 4.78 is 30.8. The number of ether oxygens (including phenoxy) is 3. The number of fused-ring (bicyclic) bond motifs is 1. The lowest BCUT2D eigenvalue weighted by atomic mass is 9.99. The lowest BCUT2D eigenvalue weighted by Gasteiger charge is -2.39. The Hall–Kier alpha value is -2.62. The SMILES string of the molecule is CC(C)OC(=O)N[C@H](C(=O)N[C@H](C)c1nc2c(O[C@@H]3O[C@H](CO)[C@@H](O)[C@H](O)[C@H]3O)cc(F)cc2s1)C(C)C. The Morgan fingerprint density at radius 3 is 2.39 bits per heavy atom. The molecule has 1 saturated heterocycles. The molecule has 7 atom stereocenters. The number of thiazole rings is 1. The zero-order valence-corrected chi connectivity index (χ0v) is 22.4. The highest BCUT2D eigenvalue weighted by Gasteiger charge is 2.45. The van der Waals surface area contributed by atoms with Crippen molar-refractivity contribution in [3.05, 3.63) is 23.0 Å². The third-order valence-electron chi connectivity index (χ3n) is 5.83. The maximum atomic E-state index is 14.4. The van der Waals surface area contributed by atoms with Gasteiger partial charge in [0, 0.05) is 6.07 Å². The summed E-state index contributed by atoms with van der Waals surface area (Å²) in [5.74, 6) is -1.48. The molecule has 2 amide bonds. The maximum Gasteiger partial charge on any atom is 0.408 e. The molecular formula is C24H34FN3O9S. The lowest BCUT2D eigenvalue weighted by Crippen LogP contribution is -2.60.